The zero-order valence-corrected chi connectivity index (χ0v) is 10.4. The molecule has 16 heavy (non-hydrogen) atoms. The van der Waals surface area contributed by atoms with E-state index in [4.69, 9.17) is 0 Å². The third-order valence-corrected chi connectivity index (χ3v) is 3.47. The van der Waals surface area contributed by atoms with Gasteiger partial charge in [0.15, 0.2) is 0 Å². The molecule has 0 amide bonds. The zero-order valence-electron chi connectivity index (χ0n) is 8.78. The average molecular weight is 271 g/mol. The van der Waals surface area contributed by atoms with Crippen LogP contribution in [0.5, 0.6) is 0 Å². The van der Waals surface area contributed by atoms with Crippen LogP contribution in [-0.4, -0.2) is 0 Å². The fourth-order valence-corrected chi connectivity index (χ4v) is 2.55. The maximum atomic E-state index is 3.54. The molecule has 0 unspecified atom stereocenters. The Kier molecular flexibility index (Phi) is 2.41. The third-order valence-electron chi connectivity index (χ3n) is 2.97. The van der Waals surface area contributed by atoms with Crippen molar-refractivity contribution in [2.75, 3.05) is 0 Å². The van der Waals surface area contributed by atoms with Crippen LogP contribution in [0, 0.1) is 0 Å². The second-order valence-corrected chi connectivity index (χ2v) is 4.91. The maximum Gasteiger partial charge on any atom is 0.0181 e. The van der Waals surface area contributed by atoms with E-state index in [0.717, 1.165) is 10.9 Å². The Hall–Kier alpha value is -1.34. The molecule has 2 aromatic carbocycles. The summed E-state index contributed by atoms with van der Waals surface area (Å²) in [4.78, 5) is 0. The van der Waals surface area contributed by atoms with Crippen LogP contribution in [0.2, 0.25) is 0 Å². The van der Waals surface area contributed by atoms with Gasteiger partial charge in [0.1, 0.15) is 0 Å². The highest BCUT2D eigenvalue weighted by Gasteiger charge is 2.15. The van der Waals surface area contributed by atoms with E-state index in [9.17, 15) is 0 Å². The second kappa shape index (κ2) is 3.91. The Morgan fingerprint density at radius 3 is 2.56 bits per heavy atom. The topological polar surface area (TPSA) is 0 Å². The lowest BCUT2D eigenvalue weighted by atomic mass is 9.99. The fourth-order valence-electron chi connectivity index (χ4n) is 2.19. The van der Waals surface area contributed by atoms with Gasteiger partial charge < -0.3 is 0 Å². The number of allylic oxidation sites excluding steroid dienone is 1. The van der Waals surface area contributed by atoms with Gasteiger partial charge in [-0.2, -0.15) is 0 Å². The van der Waals surface area contributed by atoms with Gasteiger partial charge in [-0.05, 0) is 40.8 Å². The highest BCUT2D eigenvalue weighted by molar-refractivity contribution is 9.10. The van der Waals surface area contributed by atoms with E-state index in [-0.39, 0.29) is 0 Å². The SMILES string of the molecule is Brc1ccc2c(c1)C(c1ccccc1)=CC2. The summed E-state index contributed by atoms with van der Waals surface area (Å²) in [5, 5.41) is 0. The van der Waals surface area contributed by atoms with E-state index >= 15 is 0 Å². The predicted molar refractivity (Wildman–Crippen MR) is 71.4 cm³/mol. The van der Waals surface area contributed by atoms with Crippen LogP contribution < -0.4 is 0 Å². The summed E-state index contributed by atoms with van der Waals surface area (Å²) < 4.78 is 1.15. The molecule has 2 aromatic rings. The number of fused-ring (bicyclic) bond motifs is 1. The first kappa shape index (κ1) is 9.86. The Morgan fingerprint density at radius 2 is 1.75 bits per heavy atom. The Bertz CT molecular complexity index is 553. The van der Waals surface area contributed by atoms with Gasteiger partial charge in [-0.15, -0.1) is 0 Å². The zero-order chi connectivity index (χ0) is 11.0. The van der Waals surface area contributed by atoms with Crippen LogP contribution in [0.4, 0.5) is 0 Å². The number of halogens is 1. The largest absolute Gasteiger partial charge is 0.0716 e. The Morgan fingerprint density at radius 1 is 0.938 bits per heavy atom. The summed E-state index contributed by atoms with van der Waals surface area (Å²) in [6, 6.07) is 17.1. The lowest BCUT2D eigenvalue weighted by molar-refractivity contribution is 1.31. The van der Waals surface area contributed by atoms with Gasteiger partial charge in [-0.3, -0.25) is 0 Å². The van der Waals surface area contributed by atoms with E-state index in [0.29, 0.717) is 0 Å². The number of benzene rings is 2. The molecule has 1 aliphatic carbocycles. The first-order valence-electron chi connectivity index (χ1n) is 5.39. The lowest BCUT2D eigenvalue weighted by Crippen LogP contribution is -1.86. The molecule has 0 fully saturated rings. The van der Waals surface area contributed by atoms with Gasteiger partial charge >= 0.3 is 0 Å². The summed E-state index contributed by atoms with van der Waals surface area (Å²) >= 11 is 3.54. The van der Waals surface area contributed by atoms with E-state index in [1.54, 1.807) is 0 Å². The molecule has 0 heterocycles. The summed E-state index contributed by atoms with van der Waals surface area (Å²) in [7, 11) is 0. The molecule has 0 atom stereocenters. The van der Waals surface area contributed by atoms with Gasteiger partial charge in [0.05, 0.1) is 0 Å². The smallest absolute Gasteiger partial charge is 0.0181 e. The normalized spacial score (nSPS) is 13.4. The molecule has 0 saturated carbocycles. The van der Waals surface area contributed by atoms with E-state index in [1.807, 2.05) is 0 Å². The average Bonchev–Trinajstić information content (AvgIpc) is 2.73. The first-order valence-corrected chi connectivity index (χ1v) is 6.18. The van der Waals surface area contributed by atoms with Crippen LogP contribution >= 0.6 is 15.9 Å². The minimum atomic E-state index is 1.05. The molecule has 78 valence electrons. The first-order chi connectivity index (χ1) is 7.84. The molecule has 0 N–H and O–H groups in total. The molecule has 0 nitrogen and oxygen atoms in total. The van der Waals surface area contributed by atoms with Crippen LogP contribution in [0.15, 0.2) is 59.1 Å². The minimum Gasteiger partial charge on any atom is -0.0716 e. The number of rotatable bonds is 1. The van der Waals surface area contributed by atoms with Gasteiger partial charge in [0.2, 0.25) is 0 Å². The highest BCUT2D eigenvalue weighted by Crippen LogP contribution is 2.34. The molecule has 3 rings (SSSR count). The molecule has 1 aliphatic rings. The summed E-state index contributed by atoms with van der Waals surface area (Å²) in [5.74, 6) is 0. The number of hydrogen-bond acceptors (Lipinski definition) is 0. The minimum absolute atomic E-state index is 1.05. The van der Waals surface area contributed by atoms with Crippen molar-refractivity contribution in [1.29, 1.82) is 0 Å². The summed E-state index contributed by atoms with van der Waals surface area (Å²) in [6.07, 6.45) is 3.36. The van der Waals surface area contributed by atoms with Crippen LogP contribution in [0.1, 0.15) is 16.7 Å². The predicted octanol–water partition coefficient (Wildman–Crippen LogP) is 4.44. The molecule has 0 aromatic heterocycles. The Labute approximate surface area is 104 Å². The lowest BCUT2D eigenvalue weighted by Gasteiger charge is -2.06. The fraction of sp³-hybridized carbons (Fsp3) is 0.0667. The van der Waals surface area contributed by atoms with E-state index < -0.39 is 0 Å². The summed E-state index contributed by atoms with van der Waals surface area (Å²) in [6.45, 7) is 0. The van der Waals surface area contributed by atoms with Crippen molar-refractivity contribution in [1.82, 2.24) is 0 Å². The standard InChI is InChI=1S/C15H11Br/c16-13-8-6-12-7-9-14(15(12)10-13)11-4-2-1-3-5-11/h1-6,8-10H,7H2. The molecular formula is C15H11Br. The molecule has 0 saturated heterocycles. The van der Waals surface area contributed by atoms with Crippen LogP contribution in [-0.2, 0) is 6.42 Å². The van der Waals surface area contributed by atoms with Crippen molar-refractivity contribution in [2.45, 2.75) is 6.42 Å². The van der Waals surface area contributed by atoms with Crippen molar-refractivity contribution in [3.63, 3.8) is 0 Å². The van der Waals surface area contributed by atoms with Crippen molar-refractivity contribution in [2.24, 2.45) is 0 Å². The third kappa shape index (κ3) is 1.61. The van der Waals surface area contributed by atoms with Crippen molar-refractivity contribution < 1.29 is 0 Å². The Balaban J connectivity index is 2.12. The quantitative estimate of drug-likeness (QED) is 0.719. The van der Waals surface area contributed by atoms with Crippen molar-refractivity contribution in [3.8, 4) is 0 Å². The molecule has 0 aliphatic heterocycles. The van der Waals surface area contributed by atoms with Crippen LogP contribution in [0.25, 0.3) is 5.57 Å². The summed E-state index contributed by atoms with van der Waals surface area (Å²) in [5.41, 5.74) is 5.44. The monoisotopic (exact) mass is 270 g/mol. The number of hydrogen-bond donors (Lipinski definition) is 0. The second-order valence-electron chi connectivity index (χ2n) is 3.99. The molecule has 0 spiro atoms. The molecular weight excluding hydrogens is 260 g/mol. The van der Waals surface area contributed by atoms with Crippen molar-refractivity contribution >= 4 is 21.5 Å². The van der Waals surface area contributed by atoms with Gasteiger partial charge in [-0.25, -0.2) is 0 Å². The van der Waals surface area contributed by atoms with Crippen molar-refractivity contribution in [3.05, 3.63) is 75.8 Å². The molecule has 0 bridgehead atoms. The molecule has 0 radical (unpaired) electrons. The van der Waals surface area contributed by atoms with Gasteiger partial charge in [0, 0.05) is 4.47 Å². The maximum absolute atomic E-state index is 3.54. The highest BCUT2D eigenvalue weighted by atomic mass is 79.9. The van der Waals surface area contributed by atoms with Gasteiger partial charge in [0.25, 0.3) is 0 Å². The van der Waals surface area contributed by atoms with Crippen LogP contribution in [0.3, 0.4) is 0 Å². The molecule has 1 heteroatoms. The van der Waals surface area contributed by atoms with Gasteiger partial charge in [-0.1, -0.05) is 58.4 Å². The van der Waals surface area contributed by atoms with E-state index in [1.165, 1.54) is 22.3 Å². The van der Waals surface area contributed by atoms with E-state index in [2.05, 4.69) is 70.5 Å².